The number of carbonyl (C=O) groups is 2. The summed E-state index contributed by atoms with van der Waals surface area (Å²) < 4.78 is 5.10. The first-order valence-corrected chi connectivity index (χ1v) is 8.73. The number of benzene rings is 2. The normalized spacial score (nSPS) is 11.6. The largest absolute Gasteiger partial charge is 0.466 e. The van der Waals surface area contributed by atoms with Crippen LogP contribution in [0.25, 0.3) is 0 Å². The molecule has 0 aliphatic carbocycles. The molecule has 0 saturated carbocycles. The first kappa shape index (κ1) is 19.0. The van der Waals surface area contributed by atoms with Gasteiger partial charge >= 0.3 is 5.97 Å². The van der Waals surface area contributed by atoms with Crippen molar-refractivity contribution in [1.82, 2.24) is 0 Å². The van der Waals surface area contributed by atoms with E-state index in [1.165, 1.54) is 0 Å². The van der Waals surface area contributed by atoms with Gasteiger partial charge in [0.15, 0.2) is 0 Å². The van der Waals surface area contributed by atoms with Crippen molar-refractivity contribution >= 4 is 29.2 Å². The number of carbonyl (C=O) groups excluding carboxylic acids is 2. The fourth-order valence-corrected chi connectivity index (χ4v) is 2.59. The van der Waals surface area contributed by atoms with Gasteiger partial charge in [-0.1, -0.05) is 30.7 Å². The zero-order valence-corrected chi connectivity index (χ0v) is 15.2. The van der Waals surface area contributed by atoms with Crippen LogP contribution in [0.4, 0.5) is 5.69 Å². The Labute approximate surface area is 153 Å². The molecule has 0 saturated heterocycles. The Balaban J connectivity index is 1.98. The Morgan fingerprint density at radius 3 is 2.24 bits per heavy atom. The Morgan fingerprint density at radius 2 is 1.68 bits per heavy atom. The Bertz CT molecular complexity index is 711. The van der Waals surface area contributed by atoms with E-state index >= 15 is 0 Å². The molecule has 1 unspecified atom stereocenters. The third kappa shape index (κ3) is 5.61. The van der Waals surface area contributed by atoms with E-state index in [0.717, 1.165) is 12.0 Å². The molecule has 0 heterocycles. The minimum Gasteiger partial charge on any atom is -0.466 e. The summed E-state index contributed by atoms with van der Waals surface area (Å²) in [5.74, 6) is -0.498. The van der Waals surface area contributed by atoms with Crippen molar-refractivity contribution in [2.75, 3.05) is 11.9 Å². The maximum absolute atomic E-state index is 12.2. The van der Waals surface area contributed by atoms with Crippen molar-refractivity contribution in [2.45, 2.75) is 26.7 Å². The Kier molecular flexibility index (Phi) is 7.02. The van der Waals surface area contributed by atoms with Crippen molar-refractivity contribution in [1.29, 1.82) is 0 Å². The predicted octanol–water partition coefficient (Wildman–Crippen LogP) is 4.72. The van der Waals surface area contributed by atoms with Crippen LogP contribution in [0.15, 0.2) is 48.5 Å². The number of anilines is 1. The maximum atomic E-state index is 12.2. The van der Waals surface area contributed by atoms with Gasteiger partial charge in [0.05, 0.1) is 12.5 Å². The van der Waals surface area contributed by atoms with Crippen LogP contribution >= 0.6 is 11.6 Å². The van der Waals surface area contributed by atoms with E-state index < -0.39 is 0 Å². The lowest BCUT2D eigenvalue weighted by atomic mass is 9.97. The molecule has 5 heteroatoms. The van der Waals surface area contributed by atoms with Crippen LogP contribution in [0.5, 0.6) is 0 Å². The molecule has 132 valence electrons. The van der Waals surface area contributed by atoms with Gasteiger partial charge in [0.2, 0.25) is 0 Å². The van der Waals surface area contributed by atoms with E-state index in [-0.39, 0.29) is 17.8 Å². The smallest absolute Gasteiger partial charge is 0.309 e. The summed E-state index contributed by atoms with van der Waals surface area (Å²) in [6, 6.07) is 14.2. The van der Waals surface area contributed by atoms with Gasteiger partial charge in [-0.2, -0.15) is 0 Å². The zero-order chi connectivity index (χ0) is 18.2. The number of hydrogen-bond donors (Lipinski definition) is 1. The first-order chi connectivity index (χ1) is 12.0. The van der Waals surface area contributed by atoms with Gasteiger partial charge < -0.3 is 10.1 Å². The molecule has 0 fully saturated rings. The molecule has 2 aromatic rings. The SMILES string of the molecule is CCOC(=O)C(CC)Cc1ccc(NC(=O)c2ccc(Cl)cc2)cc1. The third-order valence-electron chi connectivity index (χ3n) is 3.91. The Morgan fingerprint density at radius 1 is 1.04 bits per heavy atom. The van der Waals surface area contributed by atoms with Gasteiger partial charge in [0, 0.05) is 16.3 Å². The summed E-state index contributed by atoms with van der Waals surface area (Å²) in [4.78, 5) is 24.1. The van der Waals surface area contributed by atoms with E-state index in [0.29, 0.717) is 29.3 Å². The highest BCUT2D eigenvalue weighted by atomic mass is 35.5. The van der Waals surface area contributed by atoms with E-state index in [1.54, 1.807) is 24.3 Å². The molecule has 0 aliphatic rings. The lowest BCUT2D eigenvalue weighted by molar-refractivity contribution is -0.148. The highest BCUT2D eigenvalue weighted by molar-refractivity contribution is 6.30. The molecular weight excluding hydrogens is 338 g/mol. The lowest BCUT2D eigenvalue weighted by Crippen LogP contribution is -2.19. The van der Waals surface area contributed by atoms with Crippen molar-refractivity contribution in [3.05, 3.63) is 64.7 Å². The summed E-state index contributed by atoms with van der Waals surface area (Å²) in [6.07, 6.45) is 1.36. The molecular formula is C20H22ClNO3. The second-order valence-corrected chi connectivity index (χ2v) is 6.16. The van der Waals surface area contributed by atoms with Gasteiger partial charge in [0.25, 0.3) is 5.91 Å². The zero-order valence-electron chi connectivity index (χ0n) is 14.4. The quantitative estimate of drug-likeness (QED) is 0.727. The maximum Gasteiger partial charge on any atom is 0.309 e. The fourth-order valence-electron chi connectivity index (χ4n) is 2.47. The average molecular weight is 360 g/mol. The predicted molar refractivity (Wildman–Crippen MR) is 100.0 cm³/mol. The molecule has 1 N–H and O–H groups in total. The van der Waals surface area contributed by atoms with Crippen molar-refractivity contribution in [3.63, 3.8) is 0 Å². The van der Waals surface area contributed by atoms with Crippen LogP contribution in [0.2, 0.25) is 5.02 Å². The molecule has 1 atom stereocenters. The van der Waals surface area contributed by atoms with Gasteiger partial charge in [-0.25, -0.2) is 0 Å². The van der Waals surface area contributed by atoms with Gasteiger partial charge in [0.1, 0.15) is 0 Å². The first-order valence-electron chi connectivity index (χ1n) is 8.36. The van der Waals surface area contributed by atoms with E-state index in [2.05, 4.69) is 5.32 Å². The highest BCUT2D eigenvalue weighted by Gasteiger charge is 2.18. The highest BCUT2D eigenvalue weighted by Crippen LogP contribution is 2.18. The Hall–Kier alpha value is -2.33. The number of nitrogens with one attached hydrogen (secondary N) is 1. The molecule has 0 radical (unpaired) electrons. The van der Waals surface area contributed by atoms with Gasteiger partial charge in [-0.3, -0.25) is 9.59 Å². The summed E-state index contributed by atoms with van der Waals surface area (Å²) in [7, 11) is 0. The van der Waals surface area contributed by atoms with Crippen LogP contribution < -0.4 is 5.32 Å². The molecule has 2 rings (SSSR count). The molecule has 1 amide bonds. The molecule has 25 heavy (non-hydrogen) atoms. The molecule has 0 spiro atoms. The summed E-state index contributed by atoms with van der Waals surface area (Å²) in [6.45, 7) is 4.18. The number of esters is 1. The second kappa shape index (κ2) is 9.23. The van der Waals surface area contributed by atoms with Crippen molar-refractivity contribution in [3.8, 4) is 0 Å². The van der Waals surface area contributed by atoms with Crippen LogP contribution in [0.1, 0.15) is 36.2 Å². The number of ether oxygens (including phenoxy) is 1. The molecule has 0 aliphatic heterocycles. The van der Waals surface area contributed by atoms with Crippen LogP contribution in [0, 0.1) is 5.92 Å². The summed E-state index contributed by atoms with van der Waals surface area (Å²) >= 11 is 5.82. The number of halogens is 1. The minimum absolute atomic E-state index is 0.144. The van der Waals surface area contributed by atoms with Crippen LogP contribution in [-0.4, -0.2) is 18.5 Å². The monoisotopic (exact) mass is 359 g/mol. The standard InChI is InChI=1S/C20H22ClNO3/c1-3-15(20(24)25-4-2)13-14-5-11-18(12-6-14)22-19(23)16-7-9-17(21)10-8-16/h5-12,15H,3-4,13H2,1-2H3,(H,22,23). The molecule has 4 nitrogen and oxygen atoms in total. The van der Waals surface area contributed by atoms with E-state index in [1.807, 2.05) is 38.1 Å². The number of rotatable bonds is 7. The van der Waals surface area contributed by atoms with Crippen LogP contribution in [0.3, 0.4) is 0 Å². The lowest BCUT2D eigenvalue weighted by Gasteiger charge is -2.14. The van der Waals surface area contributed by atoms with Crippen molar-refractivity contribution < 1.29 is 14.3 Å². The molecule has 0 bridgehead atoms. The second-order valence-electron chi connectivity index (χ2n) is 5.72. The van der Waals surface area contributed by atoms with Crippen LogP contribution in [-0.2, 0) is 16.0 Å². The topological polar surface area (TPSA) is 55.4 Å². The summed E-state index contributed by atoms with van der Waals surface area (Å²) in [5.41, 5.74) is 2.28. The molecule has 2 aromatic carbocycles. The van der Waals surface area contributed by atoms with E-state index in [9.17, 15) is 9.59 Å². The van der Waals surface area contributed by atoms with Gasteiger partial charge in [-0.05, 0) is 61.7 Å². The molecule has 0 aromatic heterocycles. The minimum atomic E-state index is -0.192. The number of hydrogen-bond acceptors (Lipinski definition) is 3. The van der Waals surface area contributed by atoms with E-state index in [4.69, 9.17) is 16.3 Å². The van der Waals surface area contributed by atoms with Crippen molar-refractivity contribution in [2.24, 2.45) is 5.92 Å². The fraction of sp³-hybridized carbons (Fsp3) is 0.300. The summed E-state index contributed by atoms with van der Waals surface area (Å²) in [5, 5.41) is 3.43. The number of amides is 1. The van der Waals surface area contributed by atoms with Gasteiger partial charge in [-0.15, -0.1) is 0 Å². The third-order valence-corrected chi connectivity index (χ3v) is 4.17. The average Bonchev–Trinajstić information content (AvgIpc) is 2.61.